The second-order valence-electron chi connectivity index (χ2n) is 13.6. The van der Waals surface area contributed by atoms with Gasteiger partial charge in [0.1, 0.15) is 36.1 Å². The summed E-state index contributed by atoms with van der Waals surface area (Å²) in [6.45, 7) is 10.1. The molecule has 7 N–H and O–H groups in total. The van der Waals surface area contributed by atoms with Gasteiger partial charge in [-0.05, 0) is 68.1 Å². The molecule has 11 nitrogen and oxygen atoms in total. The zero-order valence-corrected chi connectivity index (χ0v) is 25.2. The topological polar surface area (TPSA) is 179 Å². The van der Waals surface area contributed by atoms with E-state index < -0.39 is 55.3 Å². The van der Waals surface area contributed by atoms with Crippen molar-refractivity contribution in [3.05, 3.63) is 23.8 Å². The fourth-order valence-corrected chi connectivity index (χ4v) is 8.01. The number of aliphatic hydroxyl groups excluding tert-OH is 6. The molecular formula is C31H52O11. The van der Waals surface area contributed by atoms with Gasteiger partial charge in [0.25, 0.3) is 0 Å². The van der Waals surface area contributed by atoms with Crippen LogP contribution in [0.3, 0.4) is 0 Å². The van der Waals surface area contributed by atoms with E-state index in [2.05, 4.69) is 27.4 Å². The average molecular weight is 601 g/mol. The van der Waals surface area contributed by atoms with Crippen molar-refractivity contribution in [1.82, 2.24) is 0 Å². The Kier molecular flexibility index (Phi) is 11.0. The third-order valence-corrected chi connectivity index (χ3v) is 10.7. The van der Waals surface area contributed by atoms with Crippen molar-refractivity contribution in [3.8, 4) is 0 Å². The van der Waals surface area contributed by atoms with Crippen LogP contribution in [-0.2, 0) is 18.9 Å². The van der Waals surface area contributed by atoms with Gasteiger partial charge in [-0.25, -0.2) is 0 Å². The van der Waals surface area contributed by atoms with Crippen LogP contribution in [0, 0.1) is 22.7 Å². The summed E-state index contributed by atoms with van der Waals surface area (Å²) in [5.41, 5.74) is 0.423. The van der Waals surface area contributed by atoms with Gasteiger partial charge in [-0.15, -0.1) is 0 Å². The van der Waals surface area contributed by atoms with E-state index in [9.17, 15) is 35.7 Å². The Morgan fingerprint density at radius 3 is 2.45 bits per heavy atom. The molecule has 2 saturated carbocycles. The van der Waals surface area contributed by atoms with Crippen LogP contribution in [0.5, 0.6) is 0 Å². The monoisotopic (exact) mass is 600 g/mol. The minimum Gasteiger partial charge on any atom is -0.393 e. The van der Waals surface area contributed by atoms with Gasteiger partial charge >= 0.3 is 0 Å². The number of hydrogen-bond donors (Lipinski definition) is 7. The second kappa shape index (κ2) is 13.6. The molecule has 2 heterocycles. The number of ether oxygens (including phenoxy) is 4. The van der Waals surface area contributed by atoms with E-state index >= 15 is 0 Å². The third kappa shape index (κ3) is 6.67. The molecule has 0 spiro atoms. The lowest BCUT2D eigenvalue weighted by Gasteiger charge is -2.59. The highest BCUT2D eigenvalue weighted by atomic mass is 16.7. The maximum atomic E-state index is 10.7. The van der Waals surface area contributed by atoms with E-state index in [1.807, 2.05) is 6.08 Å². The molecule has 11 heteroatoms. The Labute approximate surface area is 248 Å². The lowest BCUT2D eigenvalue weighted by atomic mass is 9.47. The van der Waals surface area contributed by atoms with Crippen LogP contribution in [-0.4, -0.2) is 117 Å². The highest BCUT2D eigenvalue weighted by Gasteiger charge is 2.55. The molecule has 2 aliphatic heterocycles. The van der Waals surface area contributed by atoms with Crippen molar-refractivity contribution in [2.24, 2.45) is 22.7 Å². The van der Waals surface area contributed by atoms with Crippen LogP contribution in [0.1, 0.15) is 65.7 Å². The first-order valence-electron chi connectivity index (χ1n) is 15.3. The summed E-state index contributed by atoms with van der Waals surface area (Å²) in [5, 5.41) is 70.9. The normalized spacial score (nSPS) is 46.6. The fourth-order valence-electron chi connectivity index (χ4n) is 8.01. The molecule has 0 aromatic carbocycles. The van der Waals surface area contributed by atoms with Crippen LogP contribution in [0.2, 0.25) is 0 Å². The maximum Gasteiger partial charge on any atom is 0.186 e. The first kappa shape index (κ1) is 33.9. The van der Waals surface area contributed by atoms with Gasteiger partial charge in [0.2, 0.25) is 0 Å². The minimum absolute atomic E-state index is 0.0297. The van der Waals surface area contributed by atoms with Crippen LogP contribution < -0.4 is 0 Å². The standard InChI is InChI=1S/C31H52O11/c1-18(10-13-32)6-8-20-19(2)7-9-22-29(3,11-5-12-30(20,22)4)16-40-27-25(36)24(35)23(34)21(42-27)14-39-28-26(37)31(38,15-33)17-41-28/h10,20-28,32-38H,2,5-9,11-17H2,1,3-4H3/b18-10+/t20-,21-,22+,23-,24+,25-,26+,27-,28-,29+,30+,31-/m1/s1. The van der Waals surface area contributed by atoms with Crippen molar-refractivity contribution in [2.75, 3.05) is 33.0 Å². The molecule has 0 radical (unpaired) electrons. The number of fused-ring (bicyclic) bond motifs is 1. The number of aliphatic hydroxyl groups is 7. The van der Waals surface area contributed by atoms with E-state index in [1.54, 1.807) is 0 Å². The highest BCUT2D eigenvalue weighted by molar-refractivity contribution is 5.17. The summed E-state index contributed by atoms with van der Waals surface area (Å²) in [5.74, 6) is 0.697. The van der Waals surface area contributed by atoms with E-state index in [1.165, 1.54) is 11.1 Å². The molecule has 2 aliphatic carbocycles. The van der Waals surface area contributed by atoms with E-state index in [0.29, 0.717) is 18.4 Å². The number of allylic oxidation sites excluding steroid dienone is 2. The van der Waals surface area contributed by atoms with E-state index in [0.717, 1.165) is 44.9 Å². The Bertz CT molecular complexity index is 959. The van der Waals surface area contributed by atoms with Crippen LogP contribution in [0.15, 0.2) is 23.8 Å². The lowest BCUT2D eigenvalue weighted by molar-refractivity contribution is -0.317. The van der Waals surface area contributed by atoms with E-state index in [-0.39, 0.29) is 30.7 Å². The quantitative estimate of drug-likeness (QED) is 0.167. The molecule has 4 aliphatic rings. The zero-order chi connectivity index (χ0) is 30.9. The number of hydrogen-bond acceptors (Lipinski definition) is 11. The second-order valence-corrected chi connectivity index (χ2v) is 13.6. The molecule has 0 aromatic rings. The average Bonchev–Trinajstić information content (AvgIpc) is 3.24. The molecule has 0 bridgehead atoms. The largest absolute Gasteiger partial charge is 0.393 e. The minimum atomic E-state index is -1.86. The molecule has 2 saturated heterocycles. The summed E-state index contributed by atoms with van der Waals surface area (Å²) in [4.78, 5) is 0. The Hall–Kier alpha value is -0.960. The van der Waals surface area contributed by atoms with Gasteiger partial charge in [-0.1, -0.05) is 44.1 Å². The Morgan fingerprint density at radius 2 is 1.79 bits per heavy atom. The summed E-state index contributed by atoms with van der Waals surface area (Å²) >= 11 is 0. The molecule has 0 unspecified atom stereocenters. The summed E-state index contributed by atoms with van der Waals surface area (Å²) < 4.78 is 22.9. The molecule has 0 aromatic heterocycles. The van der Waals surface area contributed by atoms with E-state index in [4.69, 9.17) is 18.9 Å². The van der Waals surface area contributed by atoms with Crippen molar-refractivity contribution in [1.29, 1.82) is 0 Å². The Balaban J connectivity index is 1.41. The first-order chi connectivity index (χ1) is 19.8. The predicted molar refractivity (Wildman–Crippen MR) is 152 cm³/mol. The van der Waals surface area contributed by atoms with Gasteiger partial charge in [-0.3, -0.25) is 0 Å². The van der Waals surface area contributed by atoms with Crippen LogP contribution >= 0.6 is 0 Å². The van der Waals surface area contributed by atoms with Gasteiger partial charge < -0.3 is 54.7 Å². The molecular weight excluding hydrogens is 548 g/mol. The van der Waals surface area contributed by atoms with Crippen LogP contribution in [0.4, 0.5) is 0 Å². The summed E-state index contributed by atoms with van der Waals surface area (Å²) in [6.07, 6.45) is -0.877. The van der Waals surface area contributed by atoms with Crippen molar-refractivity contribution >= 4 is 0 Å². The SMILES string of the molecule is C=C1CC[C@H]2[C@](C)(CO[C@@H]3O[C@H](CO[C@@H]4OC[C@](O)(CO)[C@H]4O)[C@@H](O)[C@H](O)[C@H]3O)CCC[C@@]2(C)[C@@H]1CC/C(C)=C/CO. The third-order valence-electron chi connectivity index (χ3n) is 10.7. The van der Waals surface area contributed by atoms with Gasteiger partial charge in [0.15, 0.2) is 12.6 Å². The van der Waals surface area contributed by atoms with Gasteiger partial charge in [0.05, 0.1) is 33.0 Å². The number of rotatable bonds is 11. The highest BCUT2D eigenvalue weighted by Crippen LogP contribution is 2.62. The molecule has 4 rings (SSSR count). The Morgan fingerprint density at radius 1 is 1.05 bits per heavy atom. The zero-order valence-electron chi connectivity index (χ0n) is 25.2. The molecule has 0 amide bonds. The summed E-state index contributed by atoms with van der Waals surface area (Å²) in [6, 6.07) is 0. The summed E-state index contributed by atoms with van der Waals surface area (Å²) in [7, 11) is 0. The molecule has 12 atom stereocenters. The smallest absolute Gasteiger partial charge is 0.186 e. The predicted octanol–water partition coefficient (Wildman–Crippen LogP) is 0.766. The lowest BCUT2D eigenvalue weighted by Crippen LogP contribution is -2.60. The fraction of sp³-hybridized carbons (Fsp3) is 0.871. The maximum absolute atomic E-state index is 10.7. The van der Waals surface area contributed by atoms with Crippen LogP contribution in [0.25, 0.3) is 0 Å². The van der Waals surface area contributed by atoms with Crippen molar-refractivity contribution in [2.45, 2.75) is 114 Å². The van der Waals surface area contributed by atoms with Crippen molar-refractivity contribution in [3.63, 3.8) is 0 Å². The molecule has 242 valence electrons. The van der Waals surface area contributed by atoms with Gasteiger partial charge in [-0.2, -0.15) is 0 Å². The first-order valence-corrected chi connectivity index (χ1v) is 15.3. The molecule has 4 fully saturated rings. The van der Waals surface area contributed by atoms with Crippen molar-refractivity contribution < 1.29 is 54.7 Å². The van der Waals surface area contributed by atoms with Gasteiger partial charge in [0, 0.05) is 0 Å². The molecule has 42 heavy (non-hydrogen) atoms.